The van der Waals surface area contributed by atoms with Crippen molar-refractivity contribution in [2.45, 2.75) is 12.8 Å². The van der Waals surface area contributed by atoms with Crippen molar-refractivity contribution >= 4 is 39.9 Å². The first-order valence-electron chi connectivity index (χ1n) is 8.56. The van der Waals surface area contributed by atoms with Crippen molar-refractivity contribution in [3.63, 3.8) is 0 Å². The molecule has 1 heterocycles. The number of fused-ring (bicyclic) bond motifs is 3. The van der Waals surface area contributed by atoms with E-state index in [1.807, 2.05) is 42.5 Å². The van der Waals surface area contributed by atoms with Crippen molar-refractivity contribution in [2.75, 3.05) is 0 Å². The summed E-state index contributed by atoms with van der Waals surface area (Å²) in [6, 6.07) is 18.8. The standard InChI is InChI=1S/C22H14Cl2N2O2/c1-12(27)26-22-18(11-25)20(13-6-8-14(23)9-7-13)17-10-19(24)15-4-2-3-5-16(15)21(17)28-22/h2-10,20H,1H3,(H,26,27)/t20-/m1/s1. The number of carbonyl (C=O) groups is 1. The molecule has 138 valence electrons. The van der Waals surface area contributed by atoms with E-state index in [9.17, 15) is 10.1 Å². The second kappa shape index (κ2) is 7.20. The summed E-state index contributed by atoms with van der Waals surface area (Å²) < 4.78 is 6.03. The molecule has 0 saturated carbocycles. The maximum absolute atomic E-state index is 11.7. The molecule has 1 aliphatic heterocycles. The third kappa shape index (κ3) is 3.09. The first-order chi connectivity index (χ1) is 13.5. The summed E-state index contributed by atoms with van der Waals surface area (Å²) in [6.45, 7) is 1.37. The zero-order chi connectivity index (χ0) is 19.8. The van der Waals surface area contributed by atoms with E-state index in [1.54, 1.807) is 12.1 Å². The summed E-state index contributed by atoms with van der Waals surface area (Å²) in [7, 11) is 0. The highest BCUT2D eigenvalue weighted by atomic mass is 35.5. The van der Waals surface area contributed by atoms with Gasteiger partial charge in [0.1, 0.15) is 17.4 Å². The van der Waals surface area contributed by atoms with Gasteiger partial charge in [-0.3, -0.25) is 10.1 Å². The number of amides is 1. The van der Waals surface area contributed by atoms with Crippen LogP contribution in [0.3, 0.4) is 0 Å². The second-order valence-electron chi connectivity index (χ2n) is 6.44. The van der Waals surface area contributed by atoms with Crippen LogP contribution in [0.25, 0.3) is 10.8 Å². The number of allylic oxidation sites excluding steroid dienone is 1. The molecule has 0 aliphatic carbocycles. The number of rotatable bonds is 2. The Kier molecular flexibility index (Phi) is 4.72. The van der Waals surface area contributed by atoms with Gasteiger partial charge in [-0.15, -0.1) is 0 Å². The highest BCUT2D eigenvalue weighted by molar-refractivity contribution is 6.36. The van der Waals surface area contributed by atoms with Crippen molar-refractivity contribution in [1.29, 1.82) is 5.26 Å². The SMILES string of the molecule is CC(=O)NC1=C(C#N)[C@H](c2ccc(Cl)cc2)c2cc(Cl)c3ccccc3c2O1. The van der Waals surface area contributed by atoms with Crippen molar-refractivity contribution in [2.24, 2.45) is 0 Å². The highest BCUT2D eigenvalue weighted by Crippen LogP contribution is 2.47. The van der Waals surface area contributed by atoms with Gasteiger partial charge in [0.2, 0.25) is 11.8 Å². The zero-order valence-electron chi connectivity index (χ0n) is 14.8. The van der Waals surface area contributed by atoms with Crippen molar-refractivity contribution in [3.05, 3.63) is 87.2 Å². The minimum absolute atomic E-state index is 0.134. The van der Waals surface area contributed by atoms with Gasteiger partial charge in [0.15, 0.2) is 0 Å². The second-order valence-corrected chi connectivity index (χ2v) is 7.29. The molecular formula is C22H14Cl2N2O2. The Labute approximate surface area is 171 Å². The van der Waals surface area contributed by atoms with Crippen LogP contribution in [0.4, 0.5) is 0 Å². The van der Waals surface area contributed by atoms with Crippen molar-refractivity contribution in [3.8, 4) is 11.8 Å². The Morgan fingerprint density at radius 3 is 2.43 bits per heavy atom. The van der Waals surface area contributed by atoms with Gasteiger partial charge in [-0.25, -0.2) is 0 Å². The number of hydrogen-bond donors (Lipinski definition) is 1. The van der Waals surface area contributed by atoms with Crippen molar-refractivity contribution < 1.29 is 9.53 Å². The van der Waals surface area contributed by atoms with Gasteiger partial charge in [0.05, 0.1) is 5.92 Å². The van der Waals surface area contributed by atoms with E-state index in [-0.39, 0.29) is 11.8 Å². The Balaban J connectivity index is 2.04. The lowest BCUT2D eigenvalue weighted by Gasteiger charge is -2.29. The lowest BCUT2D eigenvalue weighted by atomic mass is 9.82. The fourth-order valence-corrected chi connectivity index (χ4v) is 3.87. The average molecular weight is 409 g/mol. The number of nitriles is 1. The number of nitrogens with one attached hydrogen (secondary N) is 1. The van der Waals surface area contributed by atoms with E-state index in [1.165, 1.54) is 6.92 Å². The number of hydrogen-bond acceptors (Lipinski definition) is 3. The highest BCUT2D eigenvalue weighted by Gasteiger charge is 2.33. The lowest BCUT2D eigenvalue weighted by molar-refractivity contribution is -0.118. The van der Waals surface area contributed by atoms with Gasteiger partial charge in [0, 0.05) is 33.3 Å². The van der Waals surface area contributed by atoms with Crippen LogP contribution in [-0.2, 0) is 4.79 Å². The molecule has 4 nitrogen and oxygen atoms in total. The van der Waals surface area contributed by atoms with Crippen LogP contribution in [0.15, 0.2) is 66.1 Å². The number of ether oxygens (including phenoxy) is 1. The van der Waals surface area contributed by atoms with Crippen LogP contribution in [0.1, 0.15) is 24.0 Å². The molecular weight excluding hydrogens is 395 g/mol. The molecule has 0 aromatic heterocycles. The summed E-state index contributed by atoms with van der Waals surface area (Å²) in [5.41, 5.74) is 1.91. The van der Waals surface area contributed by atoms with Crippen LogP contribution >= 0.6 is 23.2 Å². The molecule has 4 rings (SSSR count). The minimum Gasteiger partial charge on any atom is -0.439 e. The molecule has 28 heavy (non-hydrogen) atoms. The molecule has 0 spiro atoms. The van der Waals surface area contributed by atoms with Crippen LogP contribution in [0, 0.1) is 11.3 Å². The molecule has 1 amide bonds. The van der Waals surface area contributed by atoms with Gasteiger partial charge in [-0.05, 0) is 23.8 Å². The summed E-state index contributed by atoms with van der Waals surface area (Å²) in [6.07, 6.45) is 0. The molecule has 0 bridgehead atoms. The van der Waals surface area contributed by atoms with E-state index < -0.39 is 5.92 Å². The Bertz CT molecular complexity index is 1180. The summed E-state index contributed by atoms with van der Waals surface area (Å²) in [5.74, 6) is -0.0630. The first kappa shape index (κ1) is 18.4. The number of benzene rings is 3. The molecule has 1 N–H and O–H groups in total. The third-order valence-electron chi connectivity index (χ3n) is 4.64. The molecule has 3 aromatic rings. The molecule has 0 radical (unpaired) electrons. The van der Waals surface area contributed by atoms with E-state index in [0.717, 1.165) is 21.9 Å². The maximum atomic E-state index is 11.7. The number of halogens is 2. The van der Waals surface area contributed by atoms with Crippen molar-refractivity contribution in [1.82, 2.24) is 5.32 Å². The number of nitrogens with zero attached hydrogens (tertiary/aromatic N) is 1. The molecule has 3 aromatic carbocycles. The fourth-order valence-electron chi connectivity index (χ4n) is 3.47. The monoisotopic (exact) mass is 408 g/mol. The maximum Gasteiger partial charge on any atom is 0.223 e. The molecule has 0 saturated heterocycles. The zero-order valence-corrected chi connectivity index (χ0v) is 16.3. The van der Waals surface area contributed by atoms with Gasteiger partial charge in [-0.2, -0.15) is 5.26 Å². The van der Waals surface area contributed by atoms with Gasteiger partial charge >= 0.3 is 0 Å². The average Bonchev–Trinajstić information content (AvgIpc) is 2.68. The van der Waals surface area contributed by atoms with Gasteiger partial charge < -0.3 is 4.74 Å². The Morgan fingerprint density at radius 1 is 1.11 bits per heavy atom. The molecule has 6 heteroatoms. The minimum atomic E-state index is -0.449. The smallest absolute Gasteiger partial charge is 0.223 e. The largest absolute Gasteiger partial charge is 0.439 e. The Morgan fingerprint density at radius 2 is 1.79 bits per heavy atom. The van der Waals surface area contributed by atoms with Crippen LogP contribution in [0.2, 0.25) is 10.0 Å². The molecule has 0 unspecified atom stereocenters. The first-order valence-corrected chi connectivity index (χ1v) is 9.31. The lowest BCUT2D eigenvalue weighted by Crippen LogP contribution is -2.29. The molecule has 0 fully saturated rings. The van der Waals surface area contributed by atoms with E-state index >= 15 is 0 Å². The quantitative estimate of drug-likeness (QED) is 0.604. The summed E-state index contributed by atoms with van der Waals surface area (Å²) in [5, 5.41) is 15.3. The van der Waals surface area contributed by atoms with Gasteiger partial charge in [-0.1, -0.05) is 59.6 Å². The number of carbonyl (C=O) groups excluding carboxylic acids is 1. The summed E-state index contributed by atoms with van der Waals surface area (Å²) >= 11 is 12.6. The van der Waals surface area contributed by atoms with E-state index in [2.05, 4.69) is 11.4 Å². The Hall–Kier alpha value is -3.00. The fraction of sp³-hybridized carbons (Fsp3) is 0.0909. The molecule has 1 aliphatic rings. The molecule has 1 atom stereocenters. The van der Waals surface area contributed by atoms with Crippen LogP contribution in [0.5, 0.6) is 5.75 Å². The normalized spacial score (nSPS) is 15.6. The summed E-state index contributed by atoms with van der Waals surface area (Å²) in [4.78, 5) is 11.7. The van der Waals surface area contributed by atoms with E-state index in [0.29, 0.717) is 21.4 Å². The van der Waals surface area contributed by atoms with Crippen LogP contribution < -0.4 is 10.1 Å². The van der Waals surface area contributed by atoms with Gasteiger partial charge in [0.25, 0.3) is 0 Å². The van der Waals surface area contributed by atoms with Crippen LogP contribution in [-0.4, -0.2) is 5.91 Å². The van der Waals surface area contributed by atoms with E-state index in [4.69, 9.17) is 27.9 Å². The topological polar surface area (TPSA) is 62.1 Å². The third-order valence-corrected chi connectivity index (χ3v) is 5.20. The predicted octanol–water partition coefficient (Wildman–Crippen LogP) is 5.54. The predicted molar refractivity (Wildman–Crippen MR) is 109 cm³/mol.